The summed E-state index contributed by atoms with van der Waals surface area (Å²) in [7, 11) is 0. The lowest BCUT2D eigenvalue weighted by atomic mass is 10.0. The van der Waals surface area contributed by atoms with Gasteiger partial charge in [0.15, 0.2) is 0 Å². The lowest BCUT2D eigenvalue weighted by Gasteiger charge is -2.20. The predicted molar refractivity (Wildman–Crippen MR) is 113 cm³/mol. The van der Waals surface area contributed by atoms with Crippen molar-refractivity contribution in [2.24, 2.45) is 0 Å². The van der Waals surface area contributed by atoms with Gasteiger partial charge in [0.2, 0.25) is 0 Å². The summed E-state index contributed by atoms with van der Waals surface area (Å²) in [6, 6.07) is 18.1. The van der Waals surface area contributed by atoms with Gasteiger partial charge >= 0.3 is 11.9 Å². The lowest BCUT2D eigenvalue weighted by molar-refractivity contribution is 0.0350. The Morgan fingerprint density at radius 1 is 0.862 bits per heavy atom. The molecule has 0 saturated heterocycles. The molecule has 0 fully saturated rings. The number of hydrogen-bond acceptors (Lipinski definition) is 4. The van der Waals surface area contributed by atoms with Gasteiger partial charge in [0.25, 0.3) is 0 Å². The average Bonchev–Trinajstić information content (AvgIpc) is 2.95. The van der Waals surface area contributed by atoms with Crippen molar-refractivity contribution in [1.29, 1.82) is 0 Å². The molecule has 152 valence electrons. The highest BCUT2D eigenvalue weighted by Crippen LogP contribution is 2.27. The van der Waals surface area contributed by atoms with Gasteiger partial charge in [0, 0.05) is 0 Å². The fourth-order valence-corrected chi connectivity index (χ4v) is 3.52. The minimum Gasteiger partial charge on any atom is -0.455 e. The molecule has 4 nitrogen and oxygen atoms in total. The molecule has 29 heavy (non-hydrogen) atoms. The minimum atomic E-state index is -0.318. The first kappa shape index (κ1) is 20.8. The first-order valence-corrected chi connectivity index (χ1v) is 10.4. The number of benzene rings is 2. The van der Waals surface area contributed by atoms with Crippen LogP contribution >= 0.6 is 0 Å². The largest absolute Gasteiger partial charge is 0.455 e. The van der Waals surface area contributed by atoms with Crippen LogP contribution in [0.2, 0.25) is 0 Å². The standard InChI is InChI=1S/C25H28O4/c1-2-3-11-21-18-22(28-24(26)19-12-6-4-7-13-19)16-10-17-23(21)29-25(27)20-14-8-5-9-15-20/h4-9,12-15,18,22-23H,2-3,10-11,16-17H2,1H3/t22-,23+/m0/s1. The van der Waals surface area contributed by atoms with Crippen LogP contribution in [0, 0.1) is 0 Å². The van der Waals surface area contributed by atoms with Crippen molar-refractivity contribution in [3.8, 4) is 0 Å². The number of carbonyl (C=O) groups is 2. The van der Waals surface area contributed by atoms with Crippen LogP contribution in [0.5, 0.6) is 0 Å². The summed E-state index contributed by atoms with van der Waals surface area (Å²) in [6.45, 7) is 2.13. The molecule has 0 N–H and O–H groups in total. The molecule has 0 heterocycles. The van der Waals surface area contributed by atoms with Gasteiger partial charge in [-0.15, -0.1) is 0 Å². The third-order valence-corrected chi connectivity index (χ3v) is 5.11. The number of ether oxygens (including phenoxy) is 2. The van der Waals surface area contributed by atoms with E-state index in [9.17, 15) is 9.59 Å². The minimum absolute atomic E-state index is 0.269. The summed E-state index contributed by atoms with van der Waals surface area (Å²) in [4.78, 5) is 25.0. The molecule has 0 radical (unpaired) electrons. The molecule has 0 saturated carbocycles. The molecule has 4 heteroatoms. The summed E-state index contributed by atoms with van der Waals surface area (Å²) in [5, 5.41) is 0. The monoisotopic (exact) mass is 392 g/mol. The van der Waals surface area contributed by atoms with Crippen LogP contribution in [0.3, 0.4) is 0 Å². The second-order valence-electron chi connectivity index (χ2n) is 7.35. The van der Waals surface area contributed by atoms with E-state index < -0.39 is 0 Å². The van der Waals surface area contributed by atoms with Crippen molar-refractivity contribution in [3.63, 3.8) is 0 Å². The van der Waals surface area contributed by atoms with Crippen molar-refractivity contribution in [2.45, 2.75) is 57.7 Å². The fraction of sp³-hybridized carbons (Fsp3) is 0.360. The van der Waals surface area contributed by atoms with Gasteiger partial charge in [-0.25, -0.2) is 9.59 Å². The quantitative estimate of drug-likeness (QED) is 0.445. The summed E-state index contributed by atoms with van der Waals surface area (Å²) >= 11 is 0. The summed E-state index contributed by atoms with van der Waals surface area (Å²) in [5.74, 6) is -0.626. The van der Waals surface area contributed by atoms with Crippen LogP contribution < -0.4 is 0 Å². The molecule has 0 amide bonds. The molecular weight excluding hydrogens is 364 g/mol. The highest BCUT2D eigenvalue weighted by Gasteiger charge is 2.26. The van der Waals surface area contributed by atoms with Crippen molar-refractivity contribution < 1.29 is 19.1 Å². The number of hydrogen-bond donors (Lipinski definition) is 0. The van der Waals surface area contributed by atoms with Gasteiger partial charge in [0.05, 0.1) is 11.1 Å². The van der Waals surface area contributed by atoms with Gasteiger partial charge in [-0.05, 0) is 68.0 Å². The van der Waals surface area contributed by atoms with Crippen molar-refractivity contribution in [1.82, 2.24) is 0 Å². The first-order chi connectivity index (χ1) is 14.2. The molecule has 1 aliphatic carbocycles. The second-order valence-corrected chi connectivity index (χ2v) is 7.35. The van der Waals surface area contributed by atoms with Gasteiger partial charge in [-0.3, -0.25) is 0 Å². The number of unbranched alkanes of at least 4 members (excludes halogenated alkanes) is 1. The predicted octanol–water partition coefficient (Wildman–Crippen LogP) is 5.74. The van der Waals surface area contributed by atoms with E-state index in [0.29, 0.717) is 11.1 Å². The maximum absolute atomic E-state index is 12.6. The summed E-state index contributed by atoms with van der Waals surface area (Å²) in [6.07, 6.45) is 6.63. The van der Waals surface area contributed by atoms with E-state index in [1.807, 2.05) is 42.5 Å². The second kappa shape index (κ2) is 10.6. The van der Waals surface area contributed by atoms with E-state index in [-0.39, 0.29) is 24.1 Å². The molecule has 3 rings (SSSR count). The Labute approximate surface area is 172 Å². The van der Waals surface area contributed by atoms with E-state index >= 15 is 0 Å². The highest BCUT2D eigenvalue weighted by molar-refractivity contribution is 5.90. The fourth-order valence-electron chi connectivity index (χ4n) is 3.52. The van der Waals surface area contributed by atoms with Crippen LogP contribution in [0.15, 0.2) is 72.3 Å². The Kier molecular flexibility index (Phi) is 7.62. The van der Waals surface area contributed by atoms with Crippen molar-refractivity contribution >= 4 is 11.9 Å². The zero-order chi connectivity index (χ0) is 20.5. The normalized spacial score (nSPS) is 19.0. The summed E-state index contributed by atoms with van der Waals surface area (Å²) in [5.41, 5.74) is 2.16. The van der Waals surface area contributed by atoms with Crippen LogP contribution in [0.25, 0.3) is 0 Å². The molecule has 0 bridgehead atoms. The third kappa shape index (κ3) is 6.05. The Balaban J connectivity index is 1.73. The van der Waals surface area contributed by atoms with Crippen molar-refractivity contribution in [3.05, 3.63) is 83.4 Å². The average molecular weight is 392 g/mol. The third-order valence-electron chi connectivity index (χ3n) is 5.11. The molecule has 0 spiro atoms. The SMILES string of the molecule is CCCCC1=C[C@@H](OC(=O)c2ccccc2)CCC[C@H]1OC(=O)c1ccccc1. The topological polar surface area (TPSA) is 52.6 Å². The number of rotatable bonds is 7. The maximum atomic E-state index is 12.6. The highest BCUT2D eigenvalue weighted by atomic mass is 16.5. The van der Waals surface area contributed by atoms with Gasteiger partial charge < -0.3 is 9.47 Å². The molecule has 0 aliphatic heterocycles. The van der Waals surface area contributed by atoms with Gasteiger partial charge in [-0.1, -0.05) is 49.7 Å². The van der Waals surface area contributed by atoms with E-state index in [2.05, 4.69) is 6.92 Å². The van der Waals surface area contributed by atoms with Gasteiger partial charge in [-0.2, -0.15) is 0 Å². The maximum Gasteiger partial charge on any atom is 0.338 e. The molecule has 1 aliphatic rings. The van der Waals surface area contributed by atoms with E-state index in [4.69, 9.17) is 9.47 Å². The van der Waals surface area contributed by atoms with Crippen LogP contribution in [0.4, 0.5) is 0 Å². The Morgan fingerprint density at radius 3 is 2.03 bits per heavy atom. The Hall–Kier alpha value is -2.88. The Morgan fingerprint density at radius 2 is 1.45 bits per heavy atom. The molecule has 2 aromatic rings. The van der Waals surface area contributed by atoms with Crippen molar-refractivity contribution in [2.75, 3.05) is 0 Å². The lowest BCUT2D eigenvalue weighted by Crippen LogP contribution is -2.21. The smallest absolute Gasteiger partial charge is 0.338 e. The van der Waals surface area contributed by atoms with Crippen LogP contribution in [-0.4, -0.2) is 24.1 Å². The molecule has 0 unspecified atom stereocenters. The zero-order valence-corrected chi connectivity index (χ0v) is 16.9. The summed E-state index contributed by atoms with van der Waals surface area (Å²) < 4.78 is 11.6. The molecule has 0 aromatic heterocycles. The number of esters is 2. The molecule has 2 atom stereocenters. The van der Waals surface area contributed by atoms with Crippen LogP contribution in [-0.2, 0) is 9.47 Å². The van der Waals surface area contributed by atoms with E-state index in [0.717, 1.165) is 44.1 Å². The number of carbonyl (C=O) groups excluding carboxylic acids is 2. The van der Waals surface area contributed by atoms with Crippen LogP contribution in [0.1, 0.15) is 66.2 Å². The molecule has 2 aromatic carbocycles. The van der Waals surface area contributed by atoms with E-state index in [1.165, 1.54) is 0 Å². The van der Waals surface area contributed by atoms with Gasteiger partial charge in [0.1, 0.15) is 12.2 Å². The molecular formula is C25H28O4. The first-order valence-electron chi connectivity index (χ1n) is 10.4. The van der Waals surface area contributed by atoms with E-state index in [1.54, 1.807) is 24.3 Å². The zero-order valence-electron chi connectivity index (χ0n) is 16.9. The Bertz CT molecular complexity index is 826.